The van der Waals surface area contributed by atoms with E-state index in [1.54, 1.807) is 0 Å². The van der Waals surface area contributed by atoms with Crippen LogP contribution in [0.5, 0.6) is 63.2 Å². The van der Waals surface area contributed by atoms with Crippen LogP contribution < -0.4 is 33.2 Å². The third-order valence-corrected chi connectivity index (χ3v) is 14.1. The Morgan fingerprint density at radius 3 is 1.33 bits per heavy atom. The molecule has 0 aliphatic carbocycles. The number of aliphatic hydroxyl groups excluding tert-OH is 9. The molecule has 14 N–H and O–H groups in total. The van der Waals surface area contributed by atoms with Crippen LogP contribution in [0.15, 0.2) is 77.2 Å². The predicted molar refractivity (Wildman–Crippen MR) is 297 cm³/mol. The third-order valence-electron chi connectivity index (χ3n) is 14.1. The summed E-state index contributed by atoms with van der Waals surface area (Å²) in [5.74, 6) is -8.37. The number of phenols is 4. The average Bonchev–Trinajstić information content (AvgIpc) is 1.06. The van der Waals surface area contributed by atoms with Crippen molar-refractivity contribution in [2.45, 2.75) is 98.5 Å². The maximum Gasteiger partial charge on any atom is 0.402 e. The number of carboxylic acid groups (broad SMARTS) is 1. The molecule has 15 atom stereocenters. The summed E-state index contributed by atoms with van der Waals surface area (Å²) in [6.07, 6.45) is -25.2. The van der Waals surface area contributed by atoms with Gasteiger partial charge >= 0.3 is 35.2 Å². The minimum atomic E-state index is -2.11. The first kappa shape index (κ1) is 66.9. The van der Waals surface area contributed by atoms with E-state index in [2.05, 4.69) is 0 Å². The molecule has 1 aromatic heterocycles. The molecule has 3 saturated heterocycles. The standard InChI is InChI=1S/C58H62O32/c1-77-32-11-23(12-33(78-2)44(32)66)5-9-41(63)81-20-37-46(68)49(71)52(74)56(88-37)84-26-16-29(60)27-18-36(87-58-54(76)51(73)48(70)39(90-58)22-83-43(65)19-40(61)62)55(85-30(27)17-26)25-7-8-28(59)31(15-25)86-57-53(75)50(72)47(69)38(89-57)21-82-42(64)10-6-24-13-34(79-3)45(67)35(14-24)80-4/h5-18,37-39,46-54,56-58,68-76H,19-22H2,1-4H3,(H4-,59,60,61,62,63,64,66,67)/p+1. The van der Waals surface area contributed by atoms with Crippen molar-refractivity contribution in [2.24, 2.45) is 0 Å². The van der Waals surface area contributed by atoms with Crippen LogP contribution in [-0.4, -0.2) is 236 Å². The molecule has 3 aliphatic heterocycles. The number of aromatic hydroxyl groups is 4. The van der Waals surface area contributed by atoms with E-state index in [0.29, 0.717) is 11.1 Å². The molecule has 0 spiro atoms. The van der Waals surface area contributed by atoms with E-state index in [-0.39, 0.29) is 56.8 Å². The number of aliphatic carboxylic acids is 1. The van der Waals surface area contributed by atoms with Crippen LogP contribution in [0.2, 0.25) is 0 Å². The molecule has 5 aromatic rings. The van der Waals surface area contributed by atoms with Gasteiger partial charge < -0.3 is 133 Å². The first-order valence-corrected chi connectivity index (χ1v) is 26.9. The van der Waals surface area contributed by atoms with Crippen LogP contribution in [-0.2, 0) is 47.6 Å². The number of hydrogen-bond acceptors (Lipinski definition) is 30. The average molecular weight is 1270 g/mol. The van der Waals surface area contributed by atoms with Crippen LogP contribution in [0, 0.1) is 0 Å². The van der Waals surface area contributed by atoms with Crippen LogP contribution in [0.1, 0.15) is 17.5 Å². The van der Waals surface area contributed by atoms with Gasteiger partial charge in [-0.3, -0.25) is 9.59 Å². The van der Waals surface area contributed by atoms with Gasteiger partial charge in [-0.2, -0.15) is 0 Å². The zero-order valence-corrected chi connectivity index (χ0v) is 47.7. The first-order chi connectivity index (χ1) is 42.8. The van der Waals surface area contributed by atoms with E-state index in [4.69, 9.17) is 71.1 Å². The number of carboxylic acids is 1. The summed E-state index contributed by atoms with van der Waals surface area (Å²) in [6.45, 7) is -2.33. The molecule has 0 saturated carbocycles. The summed E-state index contributed by atoms with van der Waals surface area (Å²) < 4.78 is 77.2. The third kappa shape index (κ3) is 15.3. The van der Waals surface area contributed by atoms with Crippen molar-refractivity contribution in [2.75, 3.05) is 48.3 Å². The van der Waals surface area contributed by atoms with Crippen LogP contribution >= 0.6 is 0 Å². The van der Waals surface area contributed by atoms with E-state index in [1.165, 1.54) is 70.9 Å². The molecule has 0 radical (unpaired) electrons. The lowest BCUT2D eigenvalue weighted by molar-refractivity contribution is -0.278. The fourth-order valence-corrected chi connectivity index (χ4v) is 9.24. The zero-order valence-electron chi connectivity index (χ0n) is 47.7. The lowest BCUT2D eigenvalue weighted by Crippen LogP contribution is -2.60. The summed E-state index contributed by atoms with van der Waals surface area (Å²) in [4.78, 5) is 48.9. The number of ether oxygens (including phenoxy) is 13. The van der Waals surface area contributed by atoms with E-state index >= 15 is 0 Å². The number of carbonyl (C=O) groups excluding carboxylic acids is 3. The minimum Gasteiger partial charge on any atom is -0.507 e. The van der Waals surface area contributed by atoms with Crippen LogP contribution in [0.4, 0.5) is 0 Å². The molecule has 3 aliphatic rings. The Labute approximate surface area is 507 Å². The monoisotopic (exact) mass is 1270 g/mol. The molecule has 8 rings (SSSR count). The fourth-order valence-electron chi connectivity index (χ4n) is 9.24. The van der Waals surface area contributed by atoms with Crippen molar-refractivity contribution in [3.05, 3.63) is 83.9 Å². The van der Waals surface area contributed by atoms with Gasteiger partial charge in [-0.15, -0.1) is 0 Å². The summed E-state index contributed by atoms with van der Waals surface area (Å²) >= 11 is 0. The molecule has 486 valence electrons. The summed E-state index contributed by atoms with van der Waals surface area (Å²) in [7, 11) is 5.20. The Morgan fingerprint density at radius 1 is 0.478 bits per heavy atom. The zero-order chi connectivity index (χ0) is 65.4. The van der Waals surface area contributed by atoms with Crippen LogP contribution in [0.25, 0.3) is 34.4 Å². The summed E-state index contributed by atoms with van der Waals surface area (Å²) in [5.41, 5.74) is 0.221. The SMILES string of the molecule is COc1cc(C=CC(=O)OCC2OC(Oc3cc(O)c4cc(OC5OC(COC(=O)CC(=O)O)C(O)C(O)C5O)c(-c5ccc(O)c(OC6OC(COC(=O)C=Cc7cc(OC)c(O)c(OC)c7)C(O)C(O)C6O)c5)[o+]c4c3)C(O)C(O)C2O)cc(OC)c1O. The van der Waals surface area contributed by atoms with E-state index in [9.17, 15) is 85.6 Å². The molecule has 4 aromatic carbocycles. The number of hydrogen-bond donors (Lipinski definition) is 14. The van der Waals surface area contributed by atoms with Gasteiger partial charge in [0.25, 0.3) is 0 Å². The van der Waals surface area contributed by atoms with E-state index in [0.717, 1.165) is 42.5 Å². The Hall–Kier alpha value is -9.03. The molecule has 32 nitrogen and oxygen atoms in total. The normalized spacial score (nSPS) is 26.7. The highest BCUT2D eigenvalue weighted by molar-refractivity contribution is 5.91. The number of esters is 3. The number of aliphatic hydroxyl groups is 9. The van der Waals surface area contributed by atoms with Gasteiger partial charge in [-0.1, -0.05) is 0 Å². The molecule has 0 amide bonds. The predicted octanol–water partition coefficient (Wildman–Crippen LogP) is -0.672. The molecular weight excluding hydrogens is 1210 g/mol. The smallest absolute Gasteiger partial charge is 0.402 e. The second kappa shape index (κ2) is 29.1. The van der Waals surface area contributed by atoms with Gasteiger partial charge in [-0.25, -0.2) is 14.0 Å². The first-order valence-electron chi connectivity index (χ1n) is 26.9. The Bertz CT molecular complexity index is 3410. The molecule has 15 unspecified atom stereocenters. The van der Waals surface area contributed by atoms with Gasteiger partial charge in [0.05, 0.1) is 40.1 Å². The van der Waals surface area contributed by atoms with E-state index < -0.39 is 171 Å². The van der Waals surface area contributed by atoms with Crippen molar-refractivity contribution < 1.29 is 157 Å². The van der Waals surface area contributed by atoms with Gasteiger partial charge in [0.2, 0.25) is 36.1 Å². The number of rotatable bonds is 23. The Morgan fingerprint density at radius 2 is 0.900 bits per heavy atom. The molecule has 32 heteroatoms. The lowest BCUT2D eigenvalue weighted by atomic mass is 9.99. The fraction of sp³-hybridized carbons (Fsp3) is 0.397. The Kier molecular flexibility index (Phi) is 21.6. The highest BCUT2D eigenvalue weighted by atomic mass is 16.7. The van der Waals surface area contributed by atoms with Gasteiger partial charge in [0.15, 0.2) is 34.5 Å². The number of phenolic OH excluding ortho intramolecular Hbond substituents is 4. The topological polar surface area (TPSA) is 483 Å². The number of fused-ring (bicyclic) bond motifs is 1. The lowest BCUT2D eigenvalue weighted by Gasteiger charge is -2.40. The number of benzene rings is 4. The minimum absolute atomic E-state index is 0.0281. The molecule has 3 fully saturated rings. The highest BCUT2D eigenvalue weighted by Gasteiger charge is 2.49. The van der Waals surface area contributed by atoms with Gasteiger partial charge in [0.1, 0.15) is 116 Å². The second-order valence-corrected chi connectivity index (χ2v) is 20.1. The van der Waals surface area contributed by atoms with Crippen LogP contribution in [0.3, 0.4) is 0 Å². The Balaban J connectivity index is 1.06. The maximum atomic E-state index is 12.8. The number of carbonyl (C=O) groups is 4. The number of methoxy groups -OCH3 is 4. The second-order valence-electron chi connectivity index (χ2n) is 20.1. The van der Waals surface area contributed by atoms with Gasteiger partial charge in [0, 0.05) is 30.4 Å². The molecule has 4 heterocycles. The summed E-state index contributed by atoms with van der Waals surface area (Å²) in [6, 6.07) is 12.0. The quantitative estimate of drug-likeness (QED) is 0.0127. The molecule has 0 bridgehead atoms. The van der Waals surface area contributed by atoms with Gasteiger partial charge in [-0.05, 0) is 59.7 Å². The van der Waals surface area contributed by atoms with Crippen molar-refractivity contribution in [3.8, 4) is 74.6 Å². The molecular formula is C58H63O32+. The van der Waals surface area contributed by atoms with Crippen molar-refractivity contribution in [1.82, 2.24) is 0 Å². The van der Waals surface area contributed by atoms with Crippen molar-refractivity contribution >= 4 is 47.0 Å². The largest absolute Gasteiger partial charge is 0.507 e. The molecule has 90 heavy (non-hydrogen) atoms. The van der Waals surface area contributed by atoms with E-state index in [1.807, 2.05) is 0 Å². The van der Waals surface area contributed by atoms with Crippen molar-refractivity contribution in [3.63, 3.8) is 0 Å². The summed E-state index contributed by atoms with van der Waals surface area (Å²) in [5, 5.41) is 150. The maximum absolute atomic E-state index is 12.8. The van der Waals surface area contributed by atoms with Crippen molar-refractivity contribution in [1.29, 1.82) is 0 Å². The highest BCUT2D eigenvalue weighted by Crippen LogP contribution is 2.45.